The Morgan fingerprint density at radius 1 is 0.444 bits per heavy atom. The number of benzene rings is 4. The zero-order valence-electron chi connectivity index (χ0n) is 72.9. The number of carbonyl (C=O) groups excluding carboxylic acids is 4. The largest absolute Gasteiger partial charge is 0.462 e. The molecule has 648 valence electrons. The van der Waals surface area contributed by atoms with Crippen LogP contribution in [-0.4, -0.2) is 79.3 Å². The van der Waals surface area contributed by atoms with Crippen LogP contribution in [0.4, 0.5) is 17.6 Å². The summed E-state index contributed by atoms with van der Waals surface area (Å²) in [5.74, 6) is 5.89. The van der Waals surface area contributed by atoms with Crippen molar-refractivity contribution in [3.8, 4) is 50.6 Å². The number of nitrogens with zero attached hydrogens (tertiary/aromatic N) is 5. The van der Waals surface area contributed by atoms with Gasteiger partial charge in [-0.25, -0.2) is 4.39 Å². The van der Waals surface area contributed by atoms with Crippen LogP contribution in [0.5, 0.6) is 0 Å². The number of halogens is 4. The third kappa shape index (κ3) is 18.6. The van der Waals surface area contributed by atoms with E-state index in [9.17, 15) is 42.0 Å². The summed E-state index contributed by atoms with van der Waals surface area (Å²) in [4.78, 5) is 68.2. The number of pyridine rings is 4. The first kappa shape index (κ1) is 88.3. The maximum Gasteiger partial charge on any atom is 0.416 e. The molecule has 0 bridgehead atoms. The minimum absolute atomic E-state index is 0.00372. The van der Waals surface area contributed by atoms with Crippen LogP contribution in [0.2, 0.25) is 0 Å². The first-order valence-corrected chi connectivity index (χ1v) is 44.8. The molecule has 0 unspecified atom stereocenters. The summed E-state index contributed by atoms with van der Waals surface area (Å²) in [6.07, 6.45) is 29.9. The summed E-state index contributed by atoms with van der Waals surface area (Å²) in [7, 11) is 0. The van der Waals surface area contributed by atoms with E-state index in [1.807, 2.05) is 106 Å². The quantitative estimate of drug-likeness (QED) is 0.0658. The fourth-order valence-electron chi connectivity index (χ4n) is 23.4. The van der Waals surface area contributed by atoms with E-state index < -0.39 is 22.8 Å². The number of rotatable bonds is 12. The van der Waals surface area contributed by atoms with Crippen LogP contribution in [-0.2, 0) is 44.3 Å². The Hall–Kier alpha value is -10.6. The standard InChI is InChI=1S/C28H30F3NO2.C27H30FNO2.C25H27N3O2.C25H30N2O2/c1-16-6-10-23-20(12-16)14-25-26(17(2)34-27(25)33)24(23)11-9-22-8-7-19(15-32-22)18-4-3-5-21(13-18)28(29,30)31;1-16-6-10-23-20(12-16)14-25-26(17(2)31-27(25)30)24(23)11-9-22-8-7-19(15-29-22)18-4-3-5-21(28)13-18;1-15-12-25(27)23(17(3)30-24(25)29)21(16(15)2)11-10-20-9-8-19(14-28-20)22-7-5-4-6-18(22)13-26;1-15-6-5-7-19(12-15)20-8-9-21(27-14-20)10-11-22-17(3)16(2)13-25(26)23(22)18(4)29-24(25)28/h3-5,7-9,11,13,15-17,20,23-26H,6,10,12,14H2,1-2H3;3-5,7-9,11,13,15-17,20,23-26H,6,10,12,14H2,1-2H3;4-11,14-17,21,23H,12,27H2,1-3H3;5-12,14,16-18,22-23H,13,26H2,1-4H3/b2*11-9+;2*11-10+/t2*16-,17-,20+,23-,24+,25-,26+;15-,16+,17+,21-,23-,25-;16-,17+,18+,22-,23-,25-/m1100/s1. The van der Waals surface area contributed by atoms with Gasteiger partial charge in [0, 0.05) is 76.3 Å². The Bertz CT molecular complexity index is 5340. The second kappa shape index (κ2) is 36.9. The van der Waals surface area contributed by atoms with Crippen LogP contribution >= 0.6 is 0 Å². The van der Waals surface area contributed by atoms with E-state index in [0.29, 0.717) is 88.7 Å². The van der Waals surface area contributed by atoms with Gasteiger partial charge in [-0.05, 0) is 264 Å². The first-order chi connectivity index (χ1) is 59.3. The molecule has 6 aliphatic carbocycles. The number of ether oxygens (including phenoxy) is 4. The van der Waals surface area contributed by atoms with Gasteiger partial charge in [0.2, 0.25) is 0 Å². The van der Waals surface area contributed by atoms with E-state index in [4.69, 9.17) is 30.4 Å². The summed E-state index contributed by atoms with van der Waals surface area (Å²) < 4.78 is 75.1. The van der Waals surface area contributed by atoms with Crippen LogP contribution in [0, 0.1) is 142 Å². The Balaban J connectivity index is 0.000000128. The molecule has 10 fully saturated rings. The molecule has 4 aromatic heterocycles. The van der Waals surface area contributed by atoms with Gasteiger partial charge in [-0.15, -0.1) is 0 Å². The van der Waals surface area contributed by atoms with Crippen LogP contribution < -0.4 is 11.5 Å². The van der Waals surface area contributed by atoms with Gasteiger partial charge in [0.25, 0.3) is 0 Å². The Morgan fingerprint density at radius 3 is 1.26 bits per heavy atom. The van der Waals surface area contributed by atoms with Crippen molar-refractivity contribution < 1.29 is 55.7 Å². The third-order valence-corrected chi connectivity index (χ3v) is 30.0. The number of alkyl halides is 3. The number of cyclic esters (lactones) is 4. The average molecular weight is 1680 g/mol. The predicted octanol–water partition coefficient (Wildman–Crippen LogP) is 22.0. The van der Waals surface area contributed by atoms with Crippen molar-refractivity contribution in [2.24, 2.45) is 130 Å². The number of aryl methyl sites for hydroxylation is 1. The fourth-order valence-corrected chi connectivity index (χ4v) is 23.4. The molecule has 4 aliphatic heterocycles. The number of nitriles is 1. The average Bonchev–Trinajstić information content (AvgIpc) is 1.57. The van der Waals surface area contributed by atoms with Crippen molar-refractivity contribution in [2.75, 3.05) is 0 Å². The topological polar surface area (TPSA) is 233 Å². The van der Waals surface area contributed by atoms with Crippen LogP contribution in [0.15, 0.2) is 195 Å². The molecule has 26 atom stereocenters. The number of fused-ring (bicyclic) bond motifs is 6. The molecular weight excluding hydrogens is 1560 g/mol. The van der Waals surface area contributed by atoms with E-state index in [0.717, 1.165) is 81.5 Å². The van der Waals surface area contributed by atoms with Gasteiger partial charge >= 0.3 is 30.1 Å². The van der Waals surface area contributed by atoms with Gasteiger partial charge in [0.15, 0.2) is 0 Å². The zero-order valence-corrected chi connectivity index (χ0v) is 72.9. The fraction of sp³-hybridized carbons (Fsp3) is 0.457. The molecule has 10 aliphatic rings. The van der Waals surface area contributed by atoms with Crippen LogP contribution in [0.1, 0.15) is 173 Å². The van der Waals surface area contributed by atoms with E-state index in [2.05, 4.69) is 148 Å². The SMILES string of the molecule is C[C@@H]1CC[C@@H]2[C@@H](C1)C[C@H]1C(=O)O[C@H](C)[C@H]1[C@H]2/C=C/c1ccc(-c2cccc(C(F)(F)F)c2)cn1.C[C@@H]1CC[C@@H]2[C@@H](C1)C[C@H]1C(=O)O[C@H](C)[C@H]1[C@H]2/C=C/c1ccc(-c2cccc(F)c2)cn1.C[C@H]1[C@H](/C=C/c2ccc(-c3ccccc3C#N)cn2)[C@@H]2[C@@H](C)OC(=O)[C@]2(N)C[C@@H]1C.Cc1cccc(-c2ccc(/C=C/[C@H]3[C@H](C)[C@@H](C)C[C@@]4(N)C(=O)O[C@H](C)[C@@H]34)nc2)c1. The molecule has 0 radical (unpaired) electrons. The Labute approximate surface area is 727 Å². The molecule has 15 nitrogen and oxygen atoms in total. The number of aromatic nitrogens is 4. The van der Waals surface area contributed by atoms with Gasteiger partial charge in [-0.1, -0.05) is 175 Å². The van der Waals surface area contributed by atoms with E-state index in [1.54, 1.807) is 36.8 Å². The summed E-state index contributed by atoms with van der Waals surface area (Å²) in [5, 5.41) is 9.32. The monoisotopic (exact) mass is 1680 g/mol. The number of allylic oxidation sites excluding steroid dienone is 4. The minimum Gasteiger partial charge on any atom is -0.462 e. The highest BCUT2D eigenvalue weighted by Crippen LogP contribution is 2.58. The smallest absolute Gasteiger partial charge is 0.416 e. The van der Waals surface area contributed by atoms with Crippen molar-refractivity contribution >= 4 is 48.2 Å². The molecule has 6 saturated carbocycles. The highest BCUT2D eigenvalue weighted by Gasteiger charge is 2.62. The lowest BCUT2D eigenvalue weighted by Gasteiger charge is -2.47. The lowest BCUT2D eigenvalue weighted by atomic mass is 9.56. The zero-order chi connectivity index (χ0) is 87.8. The number of nitrogens with two attached hydrogens (primary N) is 2. The highest BCUT2D eigenvalue weighted by molar-refractivity contribution is 5.85. The summed E-state index contributed by atoms with van der Waals surface area (Å²) >= 11 is 0. The Kier molecular flexibility index (Phi) is 26.3. The maximum atomic E-state index is 13.5. The van der Waals surface area contributed by atoms with Gasteiger partial charge in [0.1, 0.15) is 41.3 Å². The summed E-state index contributed by atoms with van der Waals surface area (Å²) in [6, 6.07) is 45.7. The van der Waals surface area contributed by atoms with Crippen LogP contribution in [0.25, 0.3) is 68.8 Å². The van der Waals surface area contributed by atoms with Crippen molar-refractivity contribution in [2.45, 2.75) is 182 Å². The van der Waals surface area contributed by atoms with E-state index in [1.165, 1.54) is 67.9 Å². The van der Waals surface area contributed by atoms with Crippen LogP contribution in [0.3, 0.4) is 0 Å². The molecule has 124 heavy (non-hydrogen) atoms. The van der Waals surface area contributed by atoms with Crippen molar-refractivity contribution in [3.63, 3.8) is 0 Å². The number of hydrogen-bond acceptors (Lipinski definition) is 15. The number of carbonyl (C=O) groups is 4. The van der Waals surface area contributed by atoms with E-state index >= 15 is 0 Å². The molecule has 0 spiro atoms. The lowest BCUT2D eigenvalue weighted by Crippen LogP contribution is -2.58. The van der Waals surface area contributed by atoms with Crippen molar-refractivity contribution in [1.82, 2.24) is 19.9 Å². The van der Waals surface area contributed by atoms with Gasteiger partial charge < -0.3 is 30.4 Å². The van der Waals surface area contributed by atoms with Gasteiger partial charge in [0.05, 0.1) is 51.8 Å². The minimum atomic E-state index is -4.37. The third-order valence-electron chi connectivity index (χ3n) is 30.0. The Morgan fingerprint density at radius 2 is 0.847 bits per heavy atom. The second-order valence-corrected chi connectivity index (χ2v) is 38.0. The molecule has 8 heterocycles. The van der Waals surface area contributed by atoms with E-state index in [-0.39, 0.29) is 107 Å². The molecule has 0 amide bonds. The predicted molar refractivity (Wildman–Crippen MR) is 475 cm³/mol. The number of hydrogen-bond donors (Lipinski definition) is 2. The highest BCUT2D eigenvalue weighted by atomic mass is 19.4. The summed E-state index contributed by atoms with van der Waals surface area (Å²) in [5.41, 5.74) is 22.9. The first-order valence-electron chi connectivity index (χ1n) is 44.8. The second-order valence-electron chi connectivity index (χ2n) is 38.0. The molecular formula is C105H117F4N7O8. The summed E-state index contributed by atoms with van der Waals surface area (Å²) in [6.45, 7) is 23.5. The number of esters is 4. The molecule has 4 aromatic carbocycles. The normalized spacial score (nSPS) is 33.9. The molecule has 19 heteroatoms. The van der Waals surface area contributed by atoms with Crippen molar-refractivity contribution in [1.29, 1.82) is 5.26 Å². The molecule has 18 rings (SSSR count). The van der Waals surface area contributed by atoms with Gasteiger partial charge in [-0.3, -0.25) is 39.1 Å². The molecule has 4 N–H and O–H groups in total. The molecule has 8 aromatic rings. The van der Waals surface area contributed by atoms with Gasteiger partial charge in [-0.2, -0.15) is 18.4 Å². The lowest BCUT2D eigenvalue weighted by molar-refractivity contribution is -0.146. The molecule has 4 saturated heterocycles. The van der Waals surface area contributed by atoms with Crippen molar-refractivity contribution in [3.05, 3.63) is 240 Å². The maximum absolute atomic E-state index is 13.5.